The van der Waals surface area contributed by atoms with Gasteiger partial charge in [0.2, 0.25) is 0 Å². The molecule has 1 unspecified atom stereocenters. The van der Waals surface area contributed by atoms with Gasteiger partial charge in [-0.3, -0.25) is 9.59 Å². The SMILES string of the molecule is CC(CNC(=O)c1ccc(Cl)cc1Cl)NC(=O)c1ccc(Cl)cc1Cl. The quantitative estimate of drug-likeness (QED) is 0.727. The standard InChI is InChI=1S/C17H14Cl4N2O2/c1-9(23-17(25)13-5-3-11(19)7-15(13)21)8-22-16(24)12-4-2-10(18)6-14(12)20/h2-7,9H,8H2,1H3,(H,22,24)(H,23,25). The van der Waals surface area contributed by atoms with Crippen LogP contribution in [-0.4, -0.2) is 24.4 Å². The van der Waals surface area contributed by atoms with Gasteiger partial charge in [-0.05, 0) is 43.3 Å². The first-order valence-electron chi connectivity index (χ1n) is 7.27. The van der Waals surface area contributed by atoms with Gasteiger partial charge in [0.15, 0.2) is 0 Å². The van der Waals surface area contributed by atoms with Crippen molar-refractivity contribution < 1.29 is 9.59 Å². The molecule has 0 radical (unpaired) electrons. The zero-order chi connectivity index (χ0) is 18.6. The highest BCUT2D eigenvalue weighted by Gasteiger charge is 2.15. The average Bonchev–Trinajstić information content (AvgIpc) is 2.52. The summed E-state index contributed by atoms with van der Waals surface area (Å²) in [6.45, 7) is 1.97. The Morgan fingerprint density at radius 1 is 0.880 bits per heavy atom. The fourth-order valence-electron chi connectivity index (χ4n) is 2.04. The Balaban J connectivity index is 1.92. The summed E-state index contributed by atoms with van der Waals surface area (Å²) < 4.78 is 0. The molecule has 0 aliphatic rings. The number of amides is 2. The average molecular weight is 420 g/mol. The molecule has 2 amide bonds. The second kappa shape index (κ2) is 8.77. The molecule has 0 aliphatic carbocycles. The Hall–Kier alpha value is -1.46. The summed E-state index contributed by atoms with van der Waals surface area (Å²) in [6, 6.07) is 8.90. The van der Waals surface area contributed by atoms with E-state index in [2.05, 4.69) is 10.6 Å². The van der Waals surface area contributed by atoms with Gasteiger partial charge in [-0.2, -0.15) is 0 Å². The molecule has 0 fully saturated rings. The predicted molar refractivity (Wildman–Crippen MR) is 102 cm³/mol. The molecule has 132 valence electrons. The summed E-state index contributed by atoms with van der Waals surface area (Å²) >= 11 is 23.6. The number of carbonyl (C=O) groups excluding carboxylic acids is 2. The first kappa shape index (κ1) is 19.9. The lowest BCUT2D eigenvalue weighted by Crippen LogP contribution is -2.42. The van der Waals surface area contributed by atoms with Crippen LogP contribution in [0, 0.1) is 0 Å². The molecule has 2 aromatic rings. The third-order valence-corrected chi connectivity index (χ3v) is 4.39. The molecule has 0 saturated heterocycles. The molecule has 25 heavy (non-hydrogen) atoms. The fraction of sp³-hybridized carbons (Fsp3) is 0.176. The summed E-state index contributed by atoms with van der Waals surface area (Å²) in [5.41, 5.74) is 0.621. The Bertz CT molecular complexity index is 811. The number of benzene rings is 2. The molecule has 2 N–H and O–H groups in total. The van der Waals surface area contributed by atoms with Crippen LogP contribution in [0.1, 0.15) is 27.6 Å². The smallest absolute Gasteiger partial charge is 0.253 e. The number of hydrogen-bond donors (Lipinski definition) is 2. The van der Waals surface area contributed by atoms with Gasteiger partial charge in [-0.1, -0.05) is 46.4 Å². The van der Waals surface area contributed by atoms with Crippen LogP contribution < -0.4 is 10.6 Å². The van der Waals surface area contributed by atoms with E-state index in [0.29, 0.717) is 21.2 Å². The van der Waals surface area contributed by atoms with Gasteiger partial charge in [0.1, 0.15) is 0 Å². The minimum Gasteiger partial charge on any atom is -0.350 e. The first-order valence-corrected chi connectivity index (χ1v) is 8.78. The lowest BCUT2D eigenvalue weighted by atomic mass is 10.2. The Labute approximate surface area is 165 Å². The van der Waals surface area contributed by atoms with Gasteiger partial charge in [-0.15, -0.1) is 0 Å². The van der Waals surface area contributed by atoms with E-state index in [0.717, 1.165) is 0 Å². The van der Waals surface area contributed by atoms with Gasteiger partial charge in [-0.25, -0.2) is 0 Å². The molecule has 0 spiro atoms. The van der Waals surface area contributed by atoms with E-state index in [-0.39, 0.29) is 34.4 Å². The van der Waals surface area contributed by atoms with Crippen LogP contribution in [0.4, 0.5) is 0 Å². The number of rotatable bonds is 5. The zero-order valence-corrected chi connectivity index (χ0v) is 16.1. The molecule has 2 rings (SSSR count). The maximum absolute atomic E-state index is 12.2. The molecule has 0 bridgehead atoms. The fourth-order valence-corrected chi connectivity index (χ4v) is 3.03. The van der Waals surface area contributed by atoms with Crippen LogP contribution in [0.25, 0.3) is 0 Å². The largest absolute Gasteiger partial charge is 0.350 e. The highest BCUT2D eigenvalue weighted by molar-refractivity contribution is 6.37. The van der Waals surface area contributed by atoms with Crippen molar-refractivity contribution in [3.05, 3.63) is 67.6 Å². The maximum Gasteiger partial charge on any atom is 0.253 e. The maximum atomic E-state index is 12.2. The molecule has 4 nitrogen and oxygen atoms in total. The molecular formula is C17H14Cl4N2O2. The van der Waals surface area contributed by atoms with Crippen LogP contribution in [0.3, 0.4) is 0 Å². The molecular weight excluding hydrogens is 406 g/mol. The summed E-state index contributed by atoms with van der Waals surface area (Å²) in [5.74, 6) is -0.708. The van der Waals surface area contributed by atoms with Gasteiger partial charge < -0.3 is 10.6 Å². The van der Waals surface area contributed by atoms with Crippen molar-refractivity contribution in [1.82, 2.24) is 10.6 Å². The lowest BCUT2D eigenvalue weighted by molar-refractivity contribution is 0.0912. The van der Waals surface area contributed by atoms with E-state index < -0.39 is 0 Å². The van der Waals surface area contributed by atoms with E-state index >= 15 is 0 Å². The highest BCUT2D eigenvalue weighted by atomic mass is 35.5. The van der Waals surface area contributed by atoms with E-state index in [1.54, 1.807) is 25.1 Å². The minimum absolute atomic E-state index is 0.217. The number of carbonyl (C=O) groups is 2. The van der Waals surface area contributed by atoms with Gasteiger partial charge >= 0.3 is 0 Å². The second-order valence-electron chi connectivity index (χ2n) is 5.33. The van der Waals surface area contributed by atoms with Crippen molar-refractivity contribution >= 4 is 58.2 Å². The van der Waals surface area contributed by atoms with Crippen molar-refractivity contribution in [1.29, 1.82) is 0 Å². The highest BCUT2D eigenvalue weighted by Crippen LogP contribution is 2.21. The number of halogens is 4. The van der Waals surface area contributed by atoms with Crippen LogP contribution in [0.15, 0.2) is 36.4 Å². The number of nitrogens with one attached hydrogen (secondary N) is 2. The first-order chi connectivity index (χ1) is 11.8. The van der Waals surface area contributed by atoms with Gasteiger partial charge in [0.25, 0.3) is 11.8 Å². The number of hydrogen-bond acceptors (Lipinski definition) is 2. The van der Waals surface area contributed by atoms with Crippen molar-refractivity contribution in [2.75, 3.05) is 6.54 Å². The zero-order valence-electron chi connectivity index (χ0n) is 13.1. The molecule has 1 atom stereocenters. The third-order valence-electron chi connectivity index (χ3n) is 3.30. The summed E-state index contributed by atoms with van der Waals surface area (Å²) in [4.78, 5) is 24.3. The van der Waals surface area contributed by atoms with Crippen molar-refractivity contribution in [2.45, 2.75) is 13.0 Å². The normalized spacial score (nSPS) is 11.7. The summed E-state index contributed by atoms with van der Waals surface area (Å²) in [7, 11) is 0. The van der Waals surface area contributed by atoms with Gasteiger partial charge in [0.05, 0.1) is 21.2 Å². The van der Waals surface area contributed by atoms with E-state index in [1.165, 1.54) is 18.2 Å². The topological polar surface area (TPSA) is 58.2 Å². The molecule has 0 aromatic heterocycles. The second-order valence-corrected chi connectivity index (χ2v) is 7.02. The van der Waals surface area contributed by atoms with E-state index in [4.69, 9.17) is 46.4 Å². The Kier molecular flexibility index (Phi) is 6.96. The van der Waals surface area contributed by atoms with Crippen LogP contribution in [0.5, 0.6) is 0 Å². The lowest BCUT2D eigenvalue weighted by Gasteiger charge is -2.16. The summed E-state index contributed by atoms with van der Waals surface area (Å²) in [5, 5.41) is 6.87. The van der Waals surface area contributed by atoms with E-state index in [1.807, 2.05) is 0 Å². The van der Waals surface area contributed by atoms with Crippen molar-refractivity contribution in [3.63, 3.8) is 0 Å². The molecule has 0 saturated carbocycles. The van der Waals surface area contributed by atoms with E-state index in [9.17, 15) is 9.59 Å². The van der Waals surface area contributed by atoms with Crippen molar-refractivity contribution in [2.24, 2.45) is 0 Å². The van der Waals surface area contributed by atoms with Gasteiger partial charge in [0, 0.05) is 22.6 Å². The molecule has 2 aromatic carbocycles. The molecule has 0 aliphatic heterocycles. The van der Waals surface area contributed by atoms with Crippen molar-refractivity contribution in [3.8, 4) is 0 Å². The molecule has 0 heterocycles. The van der Waals surface area contributed by atoms with Crippen LogP contribution in [-0.2, 0) is 0 Å². The monoisotopic (exact) mass is 418 g/mol. The Morgan fingerprint density at radius 3 is 1.84 bits per heavy atom. The third kappa shape index (κ3) is 5.51. The Morgan fingerprint density at radius 2 is 1.36 bits per heavy atom. The van der Waals surface area contributed by atoms with Crippen LogP contribution in [0.2, 0.25) is 20.1 Å². The predicted octanol–water partition coefficient (Wildman–Crippen LogP) is 4.85. The minimum atomic E-state index is -0.354. The summed E-state index contributed by atoms with van der Waals surface area (Å²) in [6.07, 6.45) is 0. The van der Waals surface area contributed by atoms with Crippen LogP contribution >= 0.6 is 46.4 Å². The molecule has 8 heteroatoms.